The molecule has 3 N–H and O–H groups in total. The summed E-state index contributed by atoms with van der Waals surface area (Å²) in [5.41, 5.74) is 1.38. The molecule has 10 nitrogen and oxygen atoms in total. The van der Waals surface area contributed by atoms with Crippen molar-refractivity contribution >= 4 is 29.7 Å². The molecule has 0 spiro atoms. The molecular weight excluding hydrogens is 548 g/mol. The Labute approximate surface area is 251 Å². The molecule has 0 aliphatic carbocycles. The van der Waals surface area contributed by atoms with Crippen LogP contribution in [0.25, 0.3) is 6.08 Å². The van der Waals surface area contributed by atoms with E-state index in [0.717, 1.165) is 4.90 Å². The largest absolute Gasteiger partial charge is 0.508 e. The fraction of sp³-hybridized carbons (Fsp3) is 0.273. The number of nitrogens with zero attached hydrogens (tertiary/aromatic N) is 2. The molecule has 2 unspecified atom stereocenters. The quantitative estimate of drug-likeness (QED) is 0.263. The van der Waals surface area contributed by atoms with Crippen LogP contribution in [-0.4, -0.2) is 53.2 Å². The highest BCUT2D eigenvalue weighted by molar-refractivity contribution is 5.99. The first kappa shape index (κ1) is 32.2. The lowest BCUT2D eigenvalue weighted by Gasteiger charge is -2.33. The van der Waals surface area contributed by atoms with Gasteiger partial charge in [-0.1, -0.05) is 43.0 Å². The molecule has 224 valence electrons. The lowest BCUT2D eigenvalue weighted by atomic mass is 9.98. The van der Waals surface area contributed by atoms with Crippen LogP contribution in [0.2, 0.25) is 0 Å². The second-order valence-corrected chi connectivity index (χ2v) is 10.7. The number of alkyl carbamates (subject to hydrolysis) is 1. The maximum atomic E-state index is 14.3. The molecule has 0 aromatic heterocycles. The predicted octanol–water partition coefficient (Wildman–Crippen LogP) is 5.21. The summed E-state index contributed by atoms with van der Waals surface area (Å²) in [6.07, 6.45) is 0.769. The van der Waals surface area contributed by atoms with Crippen LogP contribution in [0.15, 0.2) is 79.4 Å². The lowest BCUT2D eigenvalue weighted by molar-refractivity contribution is -0.140. The van der Waals surface area contributed by atoms with Gasteiger partial charge >= 0.3 is 6.09 Å². The van der Waals surface area contributed by atoms with E-state index in [1.165, 1.54) is 19.2 Å². The second kappa shape index (κ2) is 14.5. The molecule has 0 heterocycles. The van der Waals surface area contributed by atoms with Crippen LogP contribution < -0.4 is 15.4 Å². The number of carbonyl (C=O) groups is 3. The van der Waals surface area contributed by atoms with E-state index in [0.29, 0.717) is 28.1 Å². The average Bonchev–Trinajstić information content (AvgIpc) is 2.97. The summed E-state index contributed by atoms with van der Waals surface area (Å²) in [6.45, 7) is 8.41. The van der Waals surface area contributed by atoms with Gasteiger partial charge in [0.25, 0.3) is 5.91 Å². The number of benzene rings is 3. The van der Waals surface area contributed by atoms with Crippen molar-refractivity contribution < 1.29 is 29.0 Å². The van der Waals surface area contributed by atoms with Gasteiger partial charge < -0.3 is 30.1 Å². The lowest BCUT2D eigenvalue weighted by Crippen LogP contribution is -2.53. The summed E-state index contributed by atoms with van der Waals surface area (Å²) in [4.78, 5) is 42.1. The molecule has 0 radical (unpaired) electrons. The van der Waals surface area contributed by atoms with E-state index in [1.54, 1.807) is 87.5 Å². The molecule has 0 aliphatic rings. The van der Waals surface area contributed by atoms with Crippen LogP contribution in [0.1, 0.15) is 43.5 Å². The maximum absolute atomic E-state index is 14.3. The third kappa shape index (κ3) is 9.36. The summed E-state index contributed by atoms with van der Waals surface area (Å²) < 4.78 is 10.6. The highest BCUT2D eigenvalue weighted by Crippen LogP contribution is 2.27. The molecule has 43 heavy (non-hydrogen) atoms. The Morgan fingerprint density at radius 1 is 1.07 bits per heavy atom. The Hall–Kier alpha value is -5.30. The van der Waals surface area contributed by atoms with Crippen molar-refractivity contribution in [3.8, 4) is 17.6 Å². The number of methoxy groups -OCH3 is 1. The Bertz CT molecular complexity index is 1470. The zero-order chi connectivity index (χ0) is 31.6. The van der Waals surface area contributed by atoms with Gasteiger partial charge in [0.05, 0.1) is 13.2 Å². The monoisotopic (exact) mass is 584 g/mol. The van der Waals surface area contributed by atoms with Crippen molar-refractivity contribution in [2.75, 3.05) is 19.0 Å². The first-order chi connectivity index (χ1) is 20.4. The average molecular weight is 585 g/mol. The second-order valence-electron chi connectivity index (χ2n) is 10.7. The number of anilines is 1. The number of nitriles is 1. The number of phenolic OH excluding ortho intramolecular Hbond substituents is 1. The SMILES string of the molecule is C=Cc1cccc(C(C(=O)Nc2ccc(OC)cc2)N(CC#N)C(=O)C(Cc2ccc(O)cc2)NC(=O)OC(C)(C)C)c1. The molecule has 3 aromatic rings. The maximum Gasteiger partial charge on any atom is 0.408 e. The number of hydrogen-bond donors (Lipinski definition) is 3. The van der Waals surface area contributed by atoms with E-state index in [2.05, 4.69) is 17.2 Å². The first-order valence-corrected chi connectivity index (χ1v) is 13.6. The molecule has 0 fully saturated rings. The van der Waals surface area contributed by atoms with Crippen molar-refractivity contribution in [1.29, 1.82) is 5.26 Å². The summed E-state index contributed by atoms with van der Waals surface area (Å²) in [6, 6.07) is 19.2. The predicted molar refractivity (Wildman–Crippen MR) is 163 cm³/mol. The van der Waals surface area contributed by atoms with E-state index in [1.807, 2.05) is 6.07 Å². The zero-order valence-electron chi connectivity index (χ0n) is 24.7. The van der Waals surface area contributed by atoms with Gasteiger partial charge in [-0.25, -0.2) is 4.79 Å². The van der Waals surface area contributed by atoms with Gasteiger partial charge in [0.1, 0.15) is 35.7 Å². The standard InChI is InChI=1S/C33H36N4O6/c1-6-22-8-7-9-24(20-22)29(30(39)35-25-12-16-27(42-5)17-13-25)37(19-18-34)31(40)28(36-32(41)43-33(2,3)4)21-23-10-14-26(38)15-11-23/h6-17,20,28-29,38H,1,19,21H2,2-5H3,(H,35,39)(H,36,41). The van der Waals surface area contributed by atoms with Crippen LogP contribution in [0, 0.1) is 11.3 Å². The molecule has 0 saturated heterocycles. The minimum Gasteiger partial charge on any atom is -0.508 e. The summed E-state index contributed by atoms with van der Waals surface area (Å²) in [5, 5.41) is 25.0. The molecule has 0 aliphatic heterocycles. The smallest absolute Gasteiger partial charge is 0.408 e. The number of nitrogens with one attached hydrogen (secondary N) is 2. The van der Waals surface area contributed by atoms with Crippen molar-refractivity contribution in [3.05, 3.63) is 96.1 Å². The third-order valence-corrected chi connectivity index (χ3v) is 6.27. The van der Waals surface area contributed by atoms with E-state index in [9.17, 15) is 24.8 Å². The Kier molecular flexibility index (Phi) is 10.9. The van der Waals surface area contributed by atoms with Crippen molar-refractivity contribution in [2.24, 2.45) is 0 Å². The van der Waals surface area contributed by atoms with Gasteiger partial charge in [0.2, 0.25) is 5.91 Å². The molecule has 0 bridgehead atoms. The van der Waals surface area contributed by atoms with Crippen LogP contribution in [0.3, 0.4) is 0 Å². The summed E-state index contributed by atoms with van der Waals surface area (Å²) >= 11 is 0. The molecule has 3 aromatic carbocycles. The number of ether oxygens (including phenoxy) is 2. The highest BCUT2D eigenvalue weighted by Gasteiger charge is 2.36. The van der Waals surface area contributed by atoms with Gasteiger partial charge in [-0.2, -0.15) is 5.26 Å². The zero-order valence-corrected chi connectivity index (χ0v) is 24.7. The van der Waals surface area contributed by atoms with E-state index < -0.39 is 42.1 Å². The third-order valence-electron chi connectivity index (χ3n) is 6.27. The van der Waals surface area contributed by atoms with Crippen molar-refractivity contribution in [3.63, 3.8) is 0 Å². The van der Waals surface area contributed by atoms with Crippen molar-refractivity contribution in [1.82, 2.24) is 10.2 Å². The molecule has 3 rings (SSSR count). The fourth-order valence-corrected chi connectivity index (χ4v) is 4.30. The number of rotatable bonds is 11. The Morgan fingerprint density at radius 2 is 1.74 bits per heavy atom. The van der Waals surface area contributed by atoms with Gasteiger partial charge in [-0.15, -0.1) is 0 Å². The molecule has 2 atom stereocenters. The van der Waals surface area contributed by atoms with E-state index in [4.69, 9.17) is 9.47 Å². The topological polar surface area (TPSA) is 141 Å². The number of amides is 3. The van der Waals surface area contributed by atoms with Gasteiger partial charge in [0, 0.05) is 12.1 Å². The number of hydrogen-bond acceptors (Lipinski definition) is 7. The first-order valence-electron chi connectivity index (χ1n) is 13.6. The van der Waals surface area contributed by atoms with Crippen LogP contribution >= 0.6 is 0 Å². The summed E-state index contributed by atoms with van der Waals surface area (Å²) in [5.74, 6) is -0.620. The fourth-order valence-electron chi connectivity index (χ4n) is 4.30. The summed E-state index contributed by atoms with van der Waals surface area (Å²) in [7, 11) is 1.53. The number of carbonyl (C=O) groups excluding carboxylic acids is 3. The minimum absolute atomic E-state index is 0.000197. The van der Waals surface area contributed by atoms with Crippen LogP contribution in [0.4, 0.5) is 10.5 Å². The van der Waals surface area contributed by atoms with E-state index >= 15 is 0 Å². The van der Waals surface area contributed by atoms with Gasteiger partial charge in [0.15, 0.2) is 0 Å². The molecule has 3 amide bonds. The van der Waals surface area contributed by atoms with E-state index in [-0.39, 0.29) is 12.2 Å². The molecule has 0 saturated carbocycles. The van der Waals surface area contributed by atoms with Gasteiger partial charge in [-0.05, 0) is 79.9 Å². The van der Waals surface area contributed by atoms with Crippen molar-refractivity contribution in [2.45, 2.75) is 44.9 Å². The normalized spacial score (nSPS) is 12.2. The number of aromatic hydroxyl groups is 1. The number of phenols is 1. The highest BCUT2D eigenvalue weighted by atomic mass is 16.6. The minimum atomic E-state index is -1.25. The van der Waals surface area contributed by atoms with Crippen LogP contribution in [0.5, 0.6) is 11.5 Å². The Morgan fingerprint density at radius 3 is 2.33 bits per heavy atom. The molecule has 10 heteroatoms. The molecular formula is C33H36N4O6. The van der Waals surface area contributed by atoms with Crippen LogP contribution in [-0.2, 0) is 20.7 Å². The Balaban J connectivity index is 2.06. The van der Waals surface area contributed by atoms with Gasteiger partial charge in [-0.3, -0.25) is 9.59 Å².